The van der Waals surface area contributed by atoms with E-state index in [0.29, 0.717) is 5.69 Å². The molecule has 2 N–H and O–H groups in total. The smallest absolute Gasteiger partial charge is 0.280 e. The fourth-order valence-electron chi connectivity index (χ4n) is 1.79. The molecule has 0 aliphatic heterocycles. The standard InChI is InChI=1S/C13H16N4O/c1-9-5-4-6-10(7-9)17(3)13(18)12-11(14)8-16(2)15-12/h4-8H,14H2,1-3H3. The molecule has 1 aromatic carbocycles. The van der Waals surface area contributed by atoms with Gasteiger partial charge >= 0.3 is 0 Å². The fourth-order valence-corrected chi connectivity index (χ4v) is 1.79. The highest BCUT2D eigenvalue weighted by atomic mass is 16.2. The molecule has 18 heavy (non-hydrogen) atoms. The van der Waals surface area contributed by atoms with E-state index in [4.69, 9.17) is 5.73 Å². The van der Waals surface area contributed by atoms with Gasteiger partial charge in [-0.3, -0.25) is 9.48 Å². The van der Waals surface area contributed by atoms with Crippen LogP contribution in [0, 0.1) is 6.92 Å². The molecular formula is C13H16N4O. The van der Waals surface area contributed by atoms with E-state index in [0.717, 1.165) is 11.3 Å². The van der Waals surface area contributed by atoms with Crippen molar-refractivity contribution in [3.8, 4) is 0 Å². The average molecular weight is 244 g/mol. The number of carbonyl (C=O) groups excluding carboxylic acids is 1. The van der Waals surface area contributed by atoms with Gasteiger partial charge in [-0.25, -0.2) is 0 Å². The molecule has 5 nitrogen and oxygen atoms in total. The minimum Gasteiger partial charge on any atom is -0.396 e. The average Bonchev–Trinajstić information content (AvgIpc) is 2.66. The Morgan fingerprint density at radius 1 is 1.44 bits per heavy atom. The third-order valence-corrected chi connectivity index (χ3v) is 2.75. The van der Waals surface area contributed by atoms with E-state index >= 15 is 0 Å². The summed E-state index contributed by atoms with van der Waals surface area (Å²) in [5.74, 6) is -0.210. The monoisotopic (exact) mass is 244 g/mol. The van der Waals surface area contributed by atoms with Crippen molar-refractivity contribution in [1.82, 2.24) is 9.78 Å². The lowest BCUT2D eigenvalue weighted by Crippen LogP contribution is -2.27. The van der Waals surface area contributed by atoms with Crippen molar-refractivity contribution in [2.75, 3.05) is 17.7 Å². The third-order valence-electron chi connectivity index (χ3n) is 2.75. The molecule has 2 aromatic rings. The van der Waals surface area contributed by atoms with Gasteiger partial charge < -0.3 is 10.6 Å². The number of aryl methyl sites for hydroxylation is 2. The number of anilines is 2. The fraction of sp³-hybridized carbons (Fsp3) is 0.231. The Morgan fingerprint density at radius 3 is 2.72 bits per heavy atom. The molecule has 0 saturated carbocycles. The van der Waals surface area contributed by atoms with Crippen LogP contribution in [0.5, 0.6) is 0 Å². The summed E-state index contributed by atoms with van der Waals surface area (Å²) in [6, 6.07) is 7.72. The third kappa shape index (κ3) is 2.20. The first-order valence-electron chi connectivity index (χ1n) is 5.63. The van der Waals surface area contributed by atoms with E-state index in [-0.39, 0.29) is 11.6 Å². The number of amides is 1. The number of nitrogen functional groups attached to an aromatic ring is 1. The highest BCUT2D eigenvalue weighted by Gasteiger charge is 2.19. The maximum absolute atomic E-state index is 12.3. The molecule has 0 aliphatic rings. The van der Waals surface area contributed by atoms with E-state index in [1.807, 2.05) is 31.2 Å². The molecule has 1 amide bonds. The number of benzene rings is 1. The summed E-state index contributed by atoms with van der Waals surface area (Å²) in [6.45, 7) is 1.98. The van der Waals surface area contributed by atoms with Crippen LogP contribution in [0.4, 0.5) is 11.4 Å². The molecule has 1 heterocycles. The van der Waals surface area contributed by atoms with Crippen LogP contribution in [0.3, 0.4) is 0 Å². The van der Waals surface area contributed by atoms with Crippen molar-refractivity contribution in [2.45, 2.75) is 6.92 Å². The van der Waals surface area contributed by atoms with E-state index in [2.05, 4.69) is 5.10 Å². The zero-order chi connectivity index (χ0) is 13.3. The molecule has 0 spiro atoms. The summed E-state index contributed by atoms with van der Waals surface area (Å²) < 4.78 is 1.53. The predicted octanol–water partition coefficient (Wildman–Crippen LogP) is 1.59. The Balaban J connectivity index is 2.32. The van der Waals surface area contributed by atoms with Gasteiger partial charge in [-0.2, -0.15) is 5.10 Å². The molecule has 0 fully saturated rings. The highest BCUT2D eigenvalue weighted by Crippen LogP contribution is 2.18. The summed E-state index contributed by atoms with van der Waals surface area (Å²) >= 11 is 0. The van der Waals surface area contributed by atoms with Gasteiger partial charge in [0.15, 0.2) is 5.69 Å². The van der Waals surface area contributed by atoms with Gasteiger partial charge in [0, 0.05) is 26.0 Å². The van der Waals surface area contributed by atoms with Crippen molar-refractivity contribution >= 4 is 17.3 Å². The van der Waals surface area contributed by atoms with Crippen LogP contribution < -0.4 is 10.6 Å². The second-order valence-electron chi connectivity index (χ2n) is 4.31. The predicted molar refractivity (Wildman–Crippen MR) is 71.5 cm³/mol. The van der Waals surface area contributed by atoms with Crippen molar-refractivity contribution < 1.29 is 4.79 Å². The SMILES string of the molecule is Cc1cccc(N(C)C(=O)c2nn(C)cc2N)c1. The molecule has 0 radical (unpaired) electrons. The summed E-state index contributed by atoms with van der Waals surface area (Å²) in [5.41, 5.74) is 8.35. The van der Waals surface area contributed by atoms with Crippen LogP contribution in [-0.2, 0) is 7.05 Å². The number of aromatic nitrogens is 2. The molecule has 0 bridgehead atoms. The highest BCUT2D eigenvalue weighted by molar-refractivity contribution is 6.07. The largest absolute Gasteiger partial charge is 0.396 e. The molecule has 5 heteroatoms. The van der Waals surface area contributed by atoms with E-state index in [1.54, 1.807) is 25.2 Å². The molecule has 0 atom stereocenters. The van der Waals surface area contributed by atoms with Gasteiger partial charge in [0.25, 0.3) is 5.91 Å². The van der Waals surface area contributed by atoms with Gasteiger partial charge in [-0.05, 0) is 24.6 Å². The molecule has 0 unspecified atom stereocenters. The molecule has 1 aromatic heterocycles. The topological polar surface area (TPSA) is 64.2 Å². The van der Waals surface area contributed by atoms with Gasteiger partial charge in [0.05, 0.1) is 5.69 Å². The van der Waals surface area contributed by atoms with Crippen LogP contribution in [0.1, 0.15) is 16.1 Å². The van der Waals surface area contributed by atoms with Gasteiger partial charge in [0.2, 0.25) is 0 Å². The summed E-state index contributed by atoms with van der Waals surface area (Å²) in [5, 5.41) is 4.08. The van der Waals surface area contributed by atoms with Gasteiger partial charge in [-0.15, -0.1) is 0 Å². The molecule has 2 rings (SSSR count). The Labute approximate surface area is 106 Å². The molecule has 0 saturated heterocycles. The van der Waals surface area contributed by atoms with Gasteiger partial charge in [0.1, 0.15) is 0 Å². The molecule has 0 aliphatic carbocycles. The number of nitrogens with zero attached hydrogens (tertiary/aromatic N) is 3. The van der Waals surface area contributed by atoms with E-state index in [1.165, 1.54) is 4.68 Å². The number of rotatable bonds is 2. The van der Waals surface area contributed by atoms with Crippen molar-refractivity contribution in [2.24, 2.45) is 7.05 Å². The first-order chi connectivity index (χ1) is 8.49. The van der Waals surface area contributed by atoms with Crippen molar-refractivity contribution in [1.29, 1.82) is 0 Å². The summed E-state index contributed by atoms with van der Waals surface area (Å²) in [6.07, 6.45) is 1.62. The minimum atomic E-state index is -0.210. The summed E-state index contributed by atoms with van der Waals surface area (Å²) in [7, 11) is 3.45. The first kappa shape index (κ1) is 12.2. The lowest BCUT2D eigenvalue weighted by Gasteiger charge is -2.16. The maximum atomic E-state index is 12.3. The van der Waals surface area contributed by atoms with Crippen LogP contribution >= 0.6 is 0 Å². The second-order valence-corrected chi connectivity index (χ2v) is 4.31. The Morgan fingerprint density at radius 2 is 2.17 bits per heavy atom. The number of carbonyl (C=O) groups is 1. The summed E-state index contributed by atoms with van der Waals surface area (Å²) in [4.78, 5) is 13.8. The maximum Gasteiger partial charge on any atom is 0.280 e. The number of hydrogen-bond donors (Lipinski definition) is 1. The lowest BCUT2D eigenvalue weighted by atomic mass is 10.2. The zero-order valence-corrected chi connectivity index (χ0v) is 10.7. The quantitative estimate of drug-likeness (QED) is 0.872. The van der Waals surface area contributed by atoms with E-state index < -0.39 is 0 Å². The Hall–Kier alpha value is -2.30. The first-order valence-corrected chi connectivity index (χ1v) is 5.63. The van der Waals surface area contributed by atoms with Crippen LogP contribution in [0.15, 0.2) is 30.5 Å². The normalized spacial score (nSPS) is 10.4. The van der Waals surface area contributed by atoms with Crippen LogP contribution in [0.25, 0.3) is 0 Å². The van der Waals surface area contributed by atoms with Gasteiger partial charge in [-0.1, -0.05) is 12.1 Å². The minimum absolute atomic E-state index is 0.210. The zero-order valence-electron chi connectivity index (χ0n) is 10.7. The van der Waals surface area contributed by atoms with Crippen LogP contribution in [0.2, 0.25) is 0 Å². The van der Waals surface area contributed by atoms with Crippen molar-refractivity contribution in [3.63, 3.8) is 0 Å². The van der Waals surface area contributed by atoms with Crippen LogP contribution in [-0.4, -0.2) is 22.7 Å². The Kier molecular flexibility index (Phi) is 3.06. The molecule has 94 valence electrons. The second kappa shape index (κ2) is 4.52. The Bertz CT molecular complexity index is 588. The number of nitrogens with two attached hydrogens (primary N) is 1. The van der Waals surface area contributed by atoms with E-state index in [9.17, 15) is 4.79 Å². The van der Waals surface area contributed by atoms with Crippen molar-refractivity contribution in [3.05, 3.63) is 41.7 Å². The lowest BCUT2D eigenvalue weighted by molar-refractivity contribution is 0.0988. The molecular weight excluding hydrogens is 228 g/mol. The number of hydrogen-bond acceptors (Lipinski definition) is 3.